The number of nitrogens with zero attached hydrogens (tertiary/aromatic N) is 3. The minimum atomic E-state index is -0.252. The lowest BCUT2D eigenvalue weighted by molar-refractivity contribution is -0.116. The number of rotatable bonds is 3. The number of benzene rings is 1. The van der Waals surface area contributed by atoms with Gasteiger partial charge in [-0.05, 0) is 26.0 Å². The van der Waals surface area contributed by atoms with Gasteiger partial charge in [0.15, 0.2) is 0 Å². The van der Waals surface area contributed by atoms with Gasteiger partial charge in [0.05, 0.1) is 28.3 Å². The summed E-state index contributed by atoms with van der Waals surface area (Å²) in [6, 6.07) is 8.88. The number of nitrogens with one attached hydrogen (secondary N) is 1. The van der Waals surface area contributed by atoms with Gasteiger partial charge in [0.25, 0.3) is 0 Å². The van der Waals surface area contributed by atoms with Crippen molar-refractivity contribution < 1.29 is 4.79 Å². The summed E-state index contributed by atoms with van der Waals surface area (Å²) < 4.78 is 1.55. The van der Waals surface area contributed by atoms with Gasteiger partial charge in [-0.1, -0.05) is 12.1 Å². The van der Waals surface area contributed by atoms with Crippen LogP contribution in [-0.4, -0.2) is 15.7 Å². The Balaban J connectivity index is 2.14. The van der Waals surface area contributed by atoms with Gasteiger partial charge in [0, 0.05) is 0 Å². The van der Waals surface area contributed by atoms with Crippen LogP contribution in [0.25, 0.3) is 0 Å². The molecule has 0 bridgehead atoms. The van der Waals surface area contributed by atoms with Gasteiger partial charge < -0.3 is 11.1 Å². The highest BCUT2D eigenvalue weighted by atomic mass is 16.2. The lowest BCUT2D eigenvalue weighted by atomic mass is 10.2. The first-order chi connectivity index (χ1) is 9.52. The van der Waals surface area contributed by atoms with E-state index >= 15 is 0 Å². The number of carbonyl (C=O) groups is 1. The smallest absolute Gasteiger partial charge is 0.246 e. The standard InChI is InChI=1S/C14H15N5O/c1-9-14(16)10(2)19(18-9)8-13(20)17-12-6-4-3-5-11(12)7-15/h3-6H,8,16H2,1-2H3,(H,17,20). The second-order valence-corrected chi connectivity index (χ2v) is 4.45. The molecular formula is C14H15N5O. The highest BCUT2D eigenvalue weighted by Crippen LogP contribution is 2.16. The second-order valence-electron chi connectivity index (χ2n) is 4.45. The SMILES string of the molecule is Cc1nn(CC(=O)Nc2ccccc2C#N)c(C)c1N. The third kappa shape index (κ3) is 2.62. The largest absolute Gasteiger partial charge is 0.396 e. The number of nitrogen functional groups attached to an aromatic ring is 1. The number of nitrogens with two attached hydrogens (primary N) is 1. The van der Waals surface area contributed by atoms with E-state index < -0.39 is 0 Å². The molecule has 102 valence electrons. The van der Waals surface area contributed by atoms with Crippen molar-refractivity contribution in [2.45, 2.75) is 20.4 Å². The Hall–Kier alpha value is -2.81. The number of aromatic nitrogens is 2. The van der Waals surface area contributed by atoms with Gasteiger partial charge in [0.2, 0.25) is 5.91 Å². The molecule has 1 amide bonds. The van der Waals surface area contributed by atoms with E-state index in [0.717, 1.165) is 5.69 Å². The first kappa shape index (κ1) is 13.6. The predicted molar refractivity (Wildman–Crippen MR) is 75.9 cm³/mol. The maximum Gasteiger partial charge on any atom is 0.246 e. The molecule has 0 aliphatic heterocycles. The molecule has 6 nitrogen and oxygen atoms in total. The summed E-state index contributed by atoms with van der Waals surface area (Å²) >= 11 is 0. The first-order valence-electron chi connectivity index (χ1n) is 6.11. The number of hydrogen-bond donors (Lipinski definition) is 2. The van der Waals surface area contributed by atoms with Crippen molar-refractivity contribution in [2.75, 3.05) is 11.1 Å². The highest BCUT2D eigenvalue weighted by Gasteiger charge is 2.12. The molecule has 2 rings (SSSR count). The molecule has 6 heteroatoms. The molecule has 1 aromatic carbocycles. The molecule has 0 unspecified atom stereocenters. The van der Waals surface area contributed by atoms with E-state index in [1.165, 1.54) is 0 Å². The van der Waals surface area contributed by atoms with Gasteiger partial charge in [-0.2, -0.15) is 10.4 Å². The monoisotopic (exact) mass is 269 g/mol. The van der Waals surface area contributed by atoms with Crippen molar-refractivity contribution in [3.63, 3.8) is 0 Å². The Morgan fingerprint density at radius 3 is 2.75 bits per heavy atom. The molecule has 2 aromatic rings. The minimum Gasteiger partial charge on any atom is -0.396 e. The summed E-state index contributed by atoms with van der Waals surface area (Å²) in [4.78, 5) is 12.0. The predicted octanol–water partition coefficient (Wildman–Crippen LogP) is 1.59. The third-order valence-electron chi connectivity index (χ3n) is 3.05. The maximum atomic E-state index is 12.0. The van der Waals surface area contributed by atoms with E-state index in [1.807, 2.05) is 13.0 Å². The van der Waals surface area contributed by atoms with Gasteiger partial charge in [-0.3, -0.25) is 9.48 Å². The molecule has 1 heterocycles. The number of amides is 1. The quantitative estimate of drug-likeness (QED) is 0.884. The fourth-order valence-corrected chi connectivity index (χ4v) is 1.88. The number of hydrogen-bond acceptors (Lipinski definition) is 4. The van der Waals surface area contributed by atoms with Crippen LogP contribution in [0.15, 0.2) is 24.3 Å². The summed E-state index contributed by atoms with van der Waals surface area (Å²) in [7, 11) is 0. The van der Waals surface area contributed by atoms with Crippen LogP contribution >= 0.6 is 0 Å². The number of aryl methyl sites for hydroxylation is 1. The number of nitriles is 1. The second kappa shape index (κ2) is 5.45. The number of anilines is 2. The van der Waals surface area contributed by atoms with Crippen LogP contribution in [0.5, 0.6) is 0 Å². The van der Waals surface area contributed by atoms with E-state index in [4.69, 9.17) is 11.0 Å². The fraction of sp³-hybridized carbons (Fsp3) is 0.214. The van der Waals surface area contributed by atoms with Gasteiger partial charge in [-0.25, -0.2) is 0 Å². The normalized spacial score (nSPS) is 10.1. The third-order valence-corrected chi connectivity index (χ3v) is 3.05. The van der Waals surface area contributed by atoms with Crippen LogP contribution in [0.3, 0.4) is 0 Å². The van der Waals surface area contributed by atoms with E-state index in [9.17, 15) is 4.79 Å². The van der Waals surface area contributed by atoms with Crippen LogP contribution in [0, 0.1) is 25.2 Å². The summed E-state index contributed by atoms with van der Waals surface area (Å²) in [5, 5.41) is 15.9. The molecule has 3 N–H and O–H groups in total. The van der Waals surface area contributed by atoms with E-state index in [1.54, 1.807) is 35.9 Å². The molecule has 1 aromatic heterocycles. The molecular weight excluding hydrogens is 254 g/mol. The van der Waals surface area contributed by atoms with Crippen LogP contribution in [0.1, 0.15) is 17.0 Å². The maximum absolute atomic E-state index is 12.0. The van der Waals surface area contributed by atoms with Crippen LogP contribution in [0.2, 0.25) is 0 Å². The van der Waals surface area contributed by atoms with E-state index in [2.05, 4.69) is 10.4 Å². The summed E-state index contributed by atoms with van der Waals surface area (Å²) in [5.41, 5.74) is 8.79. The van der Waals surface area contributed by atoms with Gasteiger partial charge in [0.1, 0.15) is 12.6 Å². The fourth-order valence-electron chi connectivity index (χ4n) is 1.88. The van der Waals surface area contributed by atoms with Gasteiger partial charge in [-0.15, -0.1) is 0 Å². The zero-order chi connectivity index (χ0) is 14.7. The topological polar surface area (TPSA) is 96.7 Å². The minimum absolute atomic E-state index is 0.0592. The zero-order valence-corrected chi connectivity index (χ0v) is 11.3. The Labute approximate surface area is 116 Å². The molecule has 0 fully saturated rings. The summed E-state index contributed by atoms with van der Waals surface area (Å²) in [6.07, 6.45) is 0. The summed E-state index contributed by atoms with van der Waals surface area (Å²) in [6.45, 7) is 3.66. The Morgan fingerprint density at radius 1 is 1.45 bits per heavy atom. The van der Waals surface area contributed by atoms with Crippen molar-refractivity contribution >= 4 is 17.3 Å². The average Bonchev–Trinajstić information content (AvgIpc) is 2.67. The van der Waals surface area contributed by atoms with Crippen molar-refractivity contribution in [2.24, 2.45) is 0 Å². The van der Waals surface area contributed by atoms with Crippen LogP contribution in [-0.2, 0) is 11.3 Å². The molecule has 0 saturated heterocycles. The number of carbonyl (C=O) groups excluding carboxylic acids is 1. The Morgan fingerprint density at radius 2 is 2.15 bits per heavy atom. The van der Waals surface area contributed by atoms with Crippen molar-refractivity contribution in [1.82, 2.24) is 9.78 Å². The Kier molecular flexibility index (Phi) is 3.71. The molecule has 0 saturated carbocycles. The molecule has 0 radical (unpaired) electrons. The molecule has 20 heavy (non-hydrogen) atoms. The van der Waals surface area contributed by atoms with Crippen molar-refractivity contribution in [1.29, 1.82) is 5.26 Å². The van der Waals surface area contributed by atoms with Gasteiger partial charge >= 0.3 is 0 Å². The summed E-state index contributed by atoms with van der Waals surface area (Å²) in [5.74, 6) is -0.252. The lowest BCUT2D eigenvalue weighted by Crippen LogP contribution is -2.20. The van der Waals surface area contributed by atoms with E-state index in [-0.39, 0.29) is 12.5 Å². The van der Waals surface area contributed by atoms with E-state index in [0.29, 0.717) is 22.6 Å². The highest BCUT2D eigenvalue weighted by molar-refractivity contribution is 5.92. The van der Waals surface area contributed by atoms with Crippen LogP contribution < -0.4 is 11.1 Å². The first-order valence-corrected chi connectivity index (χ1v) is 6.11. The van der Waals surface area contributed by atoms with Crippen LogP contribution in [0.4, 0.5) is 11.4 Å². The average molecular weight is 269 g/mol. The van der Waals surface area contributed by atoms with Crippen molar-refractivity contribution in [3.8, 4) is 6.07 Å². The van der Waals surface area contributed by atoms with Crippen molar-refractivity contribution in [3.05, 3.63) is 41.2 Å². The Bertz CT molecular complexity index is 696. The number of para-hydroxylation sites is 1. The zero-order valence-electron chi connectivity index (χ0n) is 11.3. The lowest BCUT2D eigenvalue weighted by Gasteiger charge is -2.08. The molecule has 0 aliphatic rings. The molecule has 0 atom stereocenters. The molecule has 0 aliphatic carbocycles. The molecule has 0 spiro atoms.